The Bertz CT molecular complexity index is 389. The highest BCUT2D eigenvalue weighted by Crippen LogP contribution is 2.11. The summed E-state index contributed by atoms with van der Waals surface area (Å²) in [5.74, 6) is 0. The molecule has 4 nitrogen and oxygen atoms in total. The van der Waals surface area contributed by atoms with E-state index in [2.05, 4.69) is 25.0 Å². The molecule has 0 heterocycles. The average molecular weight is 281 g/mol. The minimum atomic E-state index is -1.33. The maximum Gasteiger partial charge on any atom is 0.407 e. The third kappa shape index (κ3) is 6.98. The number of aliphatic hydroxyl groups excluding tert-OH is 1. The molecule has 0 saturated carbocycles. The summed E-state index contributed by atoms with van der Waals surface area (Å²) >= 11 is 0. The molecule has 1 amide bonds. The van der Waals surface area contributed by atoms with Crippen molar-refractivity contribution in [1.82, 2.24) is 5.32 Å². The van der Waals surface area contributed by atoms with Crippen molar-refractivity contribution in [3.8, 4) is 0 Å². The maximum absolute atomic E-state index is 11.6. The van der Waals surface area contributed by atoms with Crippen molar-refractivity contribution in [1.29, 1.82) is 0 Å². The van der Waals surface area contributed by atoms with Gasteiger partial charge in [0, 0.05) is 8.07 Å². The normalized spacial score (nSPS) is 12.8. The van der Waals surface area contributed by atoms with E-state index in [1.165, 1.54) is 0 Å². The smallest absolute Gasteiger partial charge is 0.407 e. The van der Waals surface area contributed by atoms with Crippen LogP contribution in [0.5, 0.6) is 0 Å². The molecule has 0 saturated heterocycles. The highest BCUT2D eigenvalue weighted by molar-refractivity contribution is 6.76. The molecule has 0 aliphatic carbocycles. The second kappa shape index (κ2) is 7.30. The van der Waals surface area contributed by atoms with Crippen LogP contribution in [0, 0.1) is 0 Å². The molecule has 0 unspecified atom stereocenters. The Hall–Kier alpha value is -1.33. The Morgan fingerprint density at radius 1 is 1.32 bits per heavy atom. The van der Waals surface area contributed by atoms with Gasteiger partial charge in [-0.15, -0.1) is 0 Å². The summed E-state index contributed by atoms with van der Waals surface area (Å²) < 4.78 is 5.13. The summed E-state index contributed by atoms with van der Waals surface area (Å²) in [6, 6.07) is 10.1. The molecule has 1 aromatic rings. The molecule has 1 atom stereocenters. The third-order valence-corrected chi connectivity index (χ3v) is 4.33. The molecule has 0 aliphatic rings. The van der Waals surface area contributed by atoms with Gasteiger partial charge in [0.1, 0.15) is 6.61 Å². The van der Waals surface area contributed by atoms with E-state index in [4.69, 9.17) is 4.74 Å². The molecule has 1 aromatic carbocycles. The summed E-state index contributed by atoms with van der Waals surface area (Å²) in [5, 5.41) is 12.0. The summed E-state index contributed by atoms with van der Waals surface area (Å²) in [6.07, 6.45) is -0.471. The number of alkyl carbamates (subject to hydrolysis) is 1. The van der Waals surface area contributed by atoms with Crippen LogP contribution in [0.2, 0.25) is 25.7 Å². The summed E-state index contributed by atoms with van der Waals surface area (Å²) in [4.78, 5) is 11.6. The molecule has 0 aliphatic heterocycles. The van der Waals surface area contributed by atoms with Crippen molar-refractivity contribution in [2.75, 3.05) is 6.61 Å². The molecule has 0 radical (unpaired) electrons. The van der Waals surface area contributed by atoms with Gasteiger partial charge in [0.25, 0.3) is 0 Å². The van der Waals surface area contributed by atoms with Crippen LogP contribution >= 0.6 is 0 Å². The molecule has 0 spiro atoms. The Morgan fingerprint density at radius 2 is 1.95 bits per heavy atom. The number of nitrogens with one attached hydrogen (secondary N) is 1. The van der Waals surface area contributed by atoms with Crippen LogP contribution in [0.25, 0.3) is 0 Å². The number of aliphatic hydroxyl groups is 1. The lowest BCUT2D eigenvalue weighted by atomic mass is 10.2. The lowest BCUT2D eigenvalue weighted by Crippen LogP contribution is -2.42. The number of hydrogen-bond donors (Lipinski definition) is 2. The first-order valence-corrected chi connectivity index (χ1v) is 10.2. The van der Waals surface area contributed by atoms with Crippen LogP contribution in [0.3, 0.4) is 0 Å². The van der Waals surface area contributed by atoms with Crippen molar-refractivity contribution in [2.45, 2.75) is 38.3 Å². The van der Waals surface area contributed by atoms with E-state index in [0.29, 0.717) is 0 Å². The molecular formula is C14H23NO3Si. The lowest BCUT2D eigenvalue weighted by Gasteiger charge is -2.23. The van der Waals surface area contributed by atoms with E-state index < -0.39 is 14.2 Å². The lowest BCUT2D eigenvalue weighted by molar-refractivity contribution is 0.130. The monoisotopic (exact) mass is 281 g/mol. The summed E-state index contributed by atoms with van der Waals surface area (Å²) in [5.41, 5.74) is 0.948. The van der Waals surface area contributed by atoms with Gasteiger partial charge in [-0.1, -0.05) is 50.0 Å². The van der Waals surface area contributed by atoms with Crippen molar-refractivity contribution < 1.29 is 14.6 Å². The minimum Gasteiger partial charge on any atom is -0.445 e. The highest BCUT2D eigenvalue weighted by atomic mass is 28.3. The second-order valence-electron chi connectivity index (χ2n) is 5.85. The van der Waals surface area contributed by atoms with Gasteiger partial charge in [-0.3, -0.25) is 0 Å². The Balaban J connectivity index is 2.37. The minimum absolute atomic E-state index is 0.0509. The van der Waals surface area contributed by atoms with Crippen molar-refractivity contribution in [3.05, 3.63) is 35.9 Å². The van der Waals surface area contributed by atoms with Gasteiger partial charge in [-0.2, -0.15) is 0 Å². The van der Waals surface area contributed by atoms with Crippen LogP contribution in [0.4, 0.5) is 4.79 Å². The van der Waals surface area contributed by atoms with Crippen LogP contribution in [-0.2, 0) is 11.3 Å². The zero-order valence-corrected chi connectivity index (χ0v) is 12.8. The second-order valence-corrected chi connectivity index (χ2v) is 11.4. The SMILES string of the molecule is C[Si](C)(C)C[C@@H](CO)NC(=O)OCc1ccccc1. The first-order valence-electron chi connectivity index (χ1n) is 6.49. The van der Waals surface area contributed by atoms with Crippen LogP contribution < -0.4 is 5.32 Å². The fourth-order valence-corrected chi connectivity index (χ4v) is 3.54. The number of hydrogen-bond acceptors (Lipinski definition) is 3. The highest BCUT2D eigenvalue weighted by Gasteiger charge is 2.21. The molecule has 0 fully saturated rings. The first-order chi connectivity index (χ1) is 8.90. The number of rotatable bonds is 6. The van der Waals surface area contributed by atoms with Crippen LogP contribution in [0.15, 0.2) is 30.3 Å². The zero-order valence-electron chi connectivity index (χ0n) is 11.8. The van der Waals surface area contributed by atoms with Gasteiger partial charge < -0.3 is 15.2 Å². The van der Waals surface area contributed by atoms with E-state index in [1.54, 1.807) is 0 Å². The maximum atomic E-state index is 11.6. The van der Waals surface area contributed by atoms with Crippen LogP contribution in [-0.4, -0.2) is 31.9 Å². The predicted molar refractivity (Wildman–Crippen MR) is 78.8 cm³/mol. The molecule has 19 heavy (non-hydrogen) atoms. The first kappa shape index (κ1) is 15.7. The number of carbonyl (C=O) groups is 1. The summed E-state index contributed by atoms with van der Waals surface area (Å²) in [7, 11) is -1.33. The van der Waals surface area contributed by atoms with Gasteiger partial charge in [0.05, 0.1) is 12.6 Å². The average Bonchev–Trinajstić information content (AvgIpc) is 2.35. The quantitative estimate of drug-likeness (QED) is 0.788. The molecule has 2 N–H and O–H groups in total. The molecule has 0 aromatic heterocycles. The topological polar surface area (TPSA) is 58.6 Å². The number of benzene rings is 1. The third-order valence-electron chi connectivity index (χ3n) is 2.61. The van der Waals surface area contributed by atoms with Gasteiger partial charge in [-0.05, 0) is 11.6 Å². The standard InChI is InChI=1S/C14H23NO3Si/c1-19(2,3)11-13(9-16)15-14(17)18-10-12-7-5-4-6-8-12/h4-8,13,16H,9-11H2,1-3H3,(H,15,17)/t13-/m1/s1. The van der Waals surface area contributed by atoms with Crippen molar-refractivity contribution >= 4 is 14.2 Å². The van der Waals surface area contributed by atoms with Gasteiger partial charge >= 0.3 is 6.09 Å². The fourth-order valence-electron chi connectivity index (χ4n) is 1.83. The van der Waals surface area contributed by atoms with Gasteiger partial charge in [0.2, 0.25) is 0 Å². The van der Waals surface area contributed by atoms with Crippen LogP contribution in [0.1, 0.15) is 5.56 Å². The van der Waals surface area contributed by atoms with Crippen molar-refractivity contribution in [2.24, 2.45) is 0 Å². The number of carbonyl (C=O) groups excluding carboxylic acids is 1. The van der Waals surface area contributed by atoms with E-state index in [1.807, 2.05) is 30.3 Å². The molecule has 5 heteroatoms. The van der Waals surface area contributed by atoms with Crippen molar-refractivity contribution in [3.63, 3.8) is 0 Å². The molecular weight excluding hydrogens is 258 g/mol. The zero-order chi connectivity index (χ0) is 14.3. The Kier molecular flexibility index (Phi) is 6.04. The largest absolute Gasteiger partial charge is 0.445 e. The summed E-state index contributed by atoms with van der Waals surface area (Å²) in [6.45, 7) is 6.80. The predicted octanol–water partition coefficient (Wildman–Crippen LogP) is 2.61. The van der Waals surface area contributed by atoms with E-state index in [-0.39, 0.29) is 19.3 Å². The van der Waals surface area contributed by atoms with Gasteiger partial charge in [-0.25, -0.2) is 4.79 Å². The van der Waals surface area contributed by atoms with E-state index in [0.717, 1.165) is 11.6 Å². The molecule has 0 bridgehead atoms. The van der Waals surface area contributed by atoms with E-state index in [9.17, 15) is 9.90 Å². The van der Waals surface area contributed by atoms with E-state index >= 15 is 0 Å². The Morgan fingerprint density at radius 3 is 2.47 bits per heavy atom. The Labute approximate surface area is 115 Å². The molecule has 1 rings (SSSR count). The van der Waals surface area contributed by atoms with Gasteiger partial charge in [0.15, 0.2) is 0 Å². The number of ether oxygens (including phenoxy) is 1. The molecule has 106 valence electrons. The number of amides is 1. The fraction of sp³-hybridized carbons (Fsp3) is 0.500.